The van der Waals surface area contributed by atoms with Crippen molar-refractivity contribution in [2.75, 3.05) is 12.4 Å². The zero-order chi connectivity index (χ0) is 21.2. The number of halogens is 1. The standard InChI is InChI=1S/C24H17ClN2O2S2/c25-17-7-11-19(12-8-17)30-14-13-29-18-9-5-16(6-10-18)15-22-23(28)27-21-4-2-1-3-20(21)26-24(27)31-22/h1-12,15H,13-14H2/b22-15-. The highest BCUT2D eigenvalue weighted by Gasteiger charge is 2.10. The Labute approximate surface area is 191 Å². The molecule has 0 radical (unpaired) electrons. The number of hydrogen-bond donors (Lipinski definition) is 0. The number of imidazole rings is 1. The lowest BCUT2D eigenvalue weighted by molar-refractivity contribution is 0.344. The van der Waals surface area contributed by atoms with Crippen LogP contribution in [0.5, 0.6) is 5.75 Å². The van der Waals surface area contributed by atoms with Gasteiger partial charge in [-0.15, -0.1) is 11.8 Å². The summed E-state index contributed by atoms with van der Waals surface area (Å²) in [6, 6.07) is 23.3. The van der Waals surface area contributed by atoms with Crippen molar-refractivity contribution in [1.82, 2.24) is 9.38 Å². The van der Waals surface area contributed by atoms with Crippen LogP contribution in [0.15, 0.2) is 82.5 Å². The first-order valence-corrected chi connectivity index (χ1v) is 11.9. The molecule has 0 unspecified atom stereocenters. The SMILES string of the molecule is O=c1/c(=C/c2ccc(OCCSc3ccc(Cl)cc3)cc2)sc2nc3ccccc3n12. The summed E-state index contributed by atoms with van der Waals surface area (Å²) in [4.78, 5) is 19.3. The highest BCUT2D eigenvalue weighted by molar-refractivity contribution is 7.99. The fourth-order valence-corrected chi connectivity index (χ4v) is 5.12. The minimum atomic E-state index is -0.0340. The largest absolute Gasteiger partial charge is 0.493 e. The van der Waals surface area contributed by atoms with Crippen molar-refractivity contribution in [2.45, 2.75) is 4.90 Å². The predicted octanol–water partition coefficient (Wildman–Crippen LogP) is 5.28. The van der Waals surface area contributed by atoms with Crippen molar-refractivity contribution in [3.63, 3.8) is 0 Å². The quantitative estimate of drug-likeness (QED) is 0.253. The Balaban J connectivity index is 1.26. The number of fused-ring (bicyclic) bond motifs is 3. The molecule has 31 heavy (non-hydrogen) atoms. The number of thiazole rings is 1. The predicted molar refractivity (Wildman–Crippen MR) is 130 cm³/mol. The highest BCUT2D eigenvalue weighted by Crippen LogP contribution is 2.21. The van der Waals surface area contributed by atoms with Crippen LogP contribution in [0.25, 0.3) is 22.1 Å². The number of ether oxygens (including phenoxy) is 1. The van der Waals surface area contributed by atoms with Gasteiger partial charge in [-0.2, -0.15) is 0 Å². The summed E-state index contributed by atoms with van der Waals surface area (Å²) >= 11 is 9.04. The lowest BCUT2D eigenvalue weighted by Crippen LogP contribution is -2.22. The van der Waals surface area contributed by atoms with Crippen LogP contribution in [0.4, 0.5) is 0 Å². The molecule has 7 heteroatoms. The van der Waals surface area contributed by atoms with Gasteiger partial charge in [-0.25, -0.2) is 9.38 Å². The molecule has 5 aromatic rings. The third-order valence-electron chi connectivity index (χ3n) is 4.76. The maximum atomic E-state index is 12.9. The van der Waals surface area contributed by atoms with Gasteiger partial charge in [0.1, 0.15) is 5.75 Å². The molecule has 2 heterocycles. The maximum absolute atomic E-state index is 12.9. The lowest BCUT2D eigenvalue weighted by atomic mass is 10.2. The molecular formula is C24H17ClN2O2S2. The molecule has 5 rings (SSSR count). The summed E-state index contributed by atoms with van der Waals surface area (Å²) in [7, 11) is 0. The molecule has 0 N–H and O–H groups in total. The van der Waals surface area contributed by atoms with E-state index in [0.29, 0.717) is 11.1 Å². The van der Waals surface area contributed by atoms with E-state index in [0.717, 1.165) is 38.1 Å². The number of benzene rings is 3. The van der Waals surface area contributed by atoms with Crippen LogP contribution in [0, 0.1) is 0 Å². The van der Waals surface area contributed by atoms with Crippen LogP contribution < -0.4 is 14.8 Å². The van der Waals surface area contributed by atoms with Crippen LogP contribution in [0.3, 0.4) is 0 Å². The molecule has 0 bridgehead atoms. The van der Waals surface area contributed by atoms with Gasteiger partial charge in [-0.1, -0.05) is 47.2 Å². The fourth-order valence-electron chi connectivity index (χ4n) is 3.27. The maximum Gasteiger partial charge on any atom is 0.274 e. The minimum Gasteiger partial charge on any atom is -0.493 e. The average molecular weight is 465 g/mol. The van der Waals surface area contributed by atoms with Gasteiger partial charge in [0, 0.05) is 15.7 Å². The normalized spacial score (nSPS) is 12.1. The molecule has 0 saturated carbocycles. The Kier molecular flexibility index (Phi) is 5.68. The number of nitrogens with zero attached hydrogens (tertiary/aromatic N) is 2. The van der Waals surface area contributed by atoms with E-state index in [1.54, 1.807) is 16.2 Å². The average Bonchev–Trinajstić information content (AvgIpc) is 3.30. The Morgan fingerprint density at radius 2 is 1.81 bits per heavy atom. The first-order chi connectivity index (χ1) is 15.2. The molecule has 0 aliphatic carbocycles. The van der Waals surface area contributed by atoms with Crippen molar-refractivity contribution in [2.24, 2.45) is 0 Å². The summed E-state index contributed by atoms with van der Waals surface area (Å²) in [5.41, 5.74) is 2.61. The van der Waals surface area contributed by atoms with Gasteiger partial charge in [0.15, 0.2) is 4.96 Å². The van der Waals surface area contributed by atoms with Crippen LogP contribution in [0.2, 0.25) is 5.02 Å². The van der Waals surface area contributed by atoms with E-state index < -0.39 is 0 Å². The molecule has 0 atom stereocenters. The number of para-hydroxylation sites is 2. The second-order valence-electron chi connectivity index (χ2n) is 6.85. The van der Waals surface area contributed by atoms with Crippen molar-refractivity contribution in [1.29, 1.82) is 0 Å². The molecule has 2 aromatic heterocycles. The molecule has 3 aromatic carbocycles. The van der Waals surface area contributed by atoms with Gasteiger partial charge in [-0.05, 0) is 60.2 Å². The number of aromatic nitrogens is 2. The lowest BCUT2D eigenvalue weighted by Gasteiger charge is -2.06. The van der Waals surface area contributed by atoms with Crippen molar-refractivity contribution >= 4 is 56.8 Å². The first kappa shape index (κ1) is 20.1. The van der Waals surface area contributed by atoms with E-state index in [1.807, 2.05) is 78.9 Å². The Bertz CT molecular complexity index is 1460. The summed E-state index contributed by atoms with van der Waals surface area (Å²) in [6.07, 6.45) is 1.90. The molecule has 0 aliphatic heterocycles. The molecule has 0 amide bonds. The third kappa shape index (κ3) is 4.32. The topological polar surface area (TPSA) is 43.6 Å². The molecule has 0 aliphatic rings. The second-order valence-corrected chi connectivity index (χ2v) is 9.47. The van der Waals surface area contributed by atoms with Crippen LogP contribution in [0.1, 0.15) is 5.56 Å². The molecule has 4 nitrogen and oxygen atoms in total. The van der Waals surface area contributed by atoms with E-state index in [4.69, 9.17) is 16.3 Å². The summed E-state index contributed by atoms with van der Waals surface area (Å²) in [5, 5.41) is 0.742. The summed E-state index contributed by atoms with van der Waals surface area (Å²) < 4.78 is 8.18. The molecule has 0 fully saturated rings. The van der Waals surface area contributed by atoms with Crippen molar-refractivity contribution in [3.05, 3.63) is 98.3 Å². The fraction of sp³-hybridized carbons (Fsp3) is 0.0833. The highest BCUT2D eigenvalue weighted by atomic mass is 35.5. The van der Waals surface area contributed by atoms with Gasteiger partial charge < -0.3 is 4.74 Å². The van der Waals surface area contributed by atoms with Crippen LogP contribution >= 0.6 is 34.7 Å². The van der Waals surface area contributed by atoms with E-state index in [9.17, 15) is 4.79 Å². The van der Waals surface area contributed by atoms with Gasteiger partial charge in [0.25, 0.3) is 5.56 Å². The molecular weight excluding hydrogens is 448 g/mol. The minimum absolute atomic E-state index is 0.0340. The van der Waals surface area contributed by atoms with E-state index in [2.05, 4.69) is 4.98 Å². The second kappa shape index (κ2) is 8.75. The third-order valence-corrected chi connectivity index (χ3v) is 6.95. The van der Waals surface area contributed by atoms with Gasteiger partial charge in [0.05, 0.1) is 22.2 Å². The Morgan fingerprint density at radius 3 is 2.61 bits per heavy atom. The summed E-state index contributed by atoms with van der Waals surface area (Å²) in [5.74, 6) is 1.65. The van der Waals surface area contributed by atoms with Gasteiger partial charge in [-0.3, -0.25) is 4.79 Å². The molecule has 154 valence electrons. The van der Waals surface area contributed by atoms with E-state index in [1.165, 1.54) is 16.2 Å². The smallest absolute Gasteiger partial charge is 0.274 e. The van der Waals surface area contributed by atoms with E-state index >= 15 is 0 Å². The first-order valence-electron chi connectivity index (χ1n) is 9.70. The molecule has 0 spiro atoms. The molecule has 0 saturated heterocycles. The number of thioether (sulfide) groups is 1. The van der Waals surface area contributed by atoms with Gasteiger partial charge in [0.2, 0.25) is 0 Å². The van der Waals surface area contributed by atoms with Gasteiger partial charge >= 0.3 is 0 Å². The zero-order valence-corrected chi connectivity index (χ0v) is 18.7. The Hall–Kier alpha value is -2.80. The monoisotopic (exact) mass is 464 g/mol. The number of hydrogen-bond acceptors (Lipinski definition) is 5. The van der Waals surface area contributed by atoms with E-state index in [-0.39, 0.29) is 5.56 Å². The van der Waals surface area contributed by atoms with Crippen LogP contribution in [-0.2, 0) is 0 Å². The van der Waals surface area contributed by atoms with Crippen molar-refractivity contribution in [3.8, 4) is 5.75 Å². The van der Waals surface area contributed by atoms with Crippen LogP contribution in [-0.4, -0.2) is 21.7 Å². The Morgan fingerprint density at radius 1 is 1.03 bits per heavy atom. The van der Waals surface area contributed by atoms with Crippen molar-refractivity contribution < 1.29 is 4.74 Å². The zero-order valence-electron chi connectivity index (χ0n) is 16.3. The summed E-state index contributed by atoms with van der Waals surface area (Å²) in [6.45, 7) is 0.607. The number of rotatable bonds is 6.